The Labute approximate surface area is 127 Å². The molecule has 0 spiro atoms. The fourth-order valence-electron chi connectivity index (χ4n) is 2.08. The van der Waals surface area contributed by atoms with E-state index in [4.69, 9.17) is 0 Å². The van der Waals surface area contributed by atoms with Crippen LogP contribution < -0.4 is 5.32 Å². The number of nitrogens with one attached hydrogen (secondary N) is 1. The Hall–Kier alpha value is -1.75. The lowest BCUT2D eigenvalue weighted by Gasteiger charge is -2.17. The molecule has 1 unspecified atom stereocenters. The number of hydrogen-bond donors (Lipinski definition) is 2. The van der Waals surface area contributed by atoms with Gasteiger partial charge >= 0.3 is 0 Å². The predicted octanol–water partition coefficient (Wildman–Crippen LogP) is 5.19. The number of benzene rings is 2. The number of anilines is 1. The minimum atomic E-state index is -2.41. The molecule has 0 radical (unpaired) electrons. The first kappa shape index (κ1) is 15.6. The van der Waals surface area contributed by atoms with Crippen molar-refractivity contribution < 1.29 is 13.9 Å². The maximum Gasteiger partial charge on any atom is 0.288 e. The maximum absolute atomic E-state index is 12.3. The number of aryl methyl sites for hydroxylation is 1. The van der Waals surface area contributed by atoms with Gasteiger partial charge in [-0.1, -0.05) is 29.5 Å². The molecule has 2 aromatic carbocycles. The highest BCUT2D eigenvalue weighted by Crippen LogP contribution is 2.30. The van der Waals surface area contributed by atoms with E-state index in [-0.39, 0.29) is 11.8 Å². The largest absolute Gasteiger partial charge is 0.508 e. The Morgan fingerprint density at radius 3 is 2.38 bits per heavy atom. The van der Waals surface area contributed by atoms with Gasteiger partial charge in [-0.15, -0.1) is 0 Å². The predicted molar refractivity (Wildman–Crippen MR) is 83.2 cm³/mol. The highest BCUT2D eigenvalue weighted by Gasteiger charge is 2.11. The summed E-state index contributed by atoms with van der Waals surface area (Å²) in [5.74, 6) is -2.17. The third kappa shape index (κ3) is 4.36. The zero-order valence-electron chi connectivity index (χ0n) is 11.8. The lowest BCUT2D eigenvalue weighted by atomic mass is 10.0. The number of rotatable bonds is 5. The number of phenolic OH excluding ortho intramolecular Hbond substituents is 1. The average Bonchev–Trinajstić information content (AvgIpc) is 2.43. The van der Waals surface area contributed by atoms with Crippen molar-refractivity contribution in [3.63, 3.8) is 0 Å². The summed E-state index contributed by atoms with van der Waals surface area (Å²) in [7, 11) is 0. The molecule has 0 fully saturated rings. The van der Waals surface area contributed by atoms with Crippen LogP contribution in [0.5, 0.6) is 5.75 Å². The van der Waals surface area contributed by atoms with Crippen LogP contribution in [0.25, 0.3) is 0 Å². The lowest BCUT2D eigenvalue weighted by Crippen LogP contribution is -2.07. The van der Waals surface area contributed by atoms with Crippen LogP contribution >= 0.6 is 11.8 Å². The van der Waals surface area contributed by atoms with E-state index in [9.17, 15) is 13.9 Å². The lowest BCUT2D eigenvalue weighted by molar-refractivity contribution is 0.252. The molecule has 0 aromatic heterocycles. The number of phenols is 1. The van der Waals surface area contributed by atoms with Crippen molar-refractivity contribution in [3.05, 3.63) is 53.6 Å². The molecule has 0 amide bonds. The summed E-state index contributed by atoms with van der Waals surface area (Å²) in [5.41, 5.74) is 2.70. The quantitative estimate of drug-likeness (QED) is 0.746. The summed E-state index contributed by atoms with van der Waals surface area (Å²) in [4.78, 5) is 0.529. The van der Waals surface area contributed by atoms with Gasteiger partial charge in [-0.2, -0.15) is 8.78 Å². The normalized spacial score (nSPS) is 12.4. The van der Waals surface area contributed by atoms with Gasteiger partial charge in [-0.25, -0.2) is 0 Å². The van der Waals surface area contributed by atoms with Gasteiger partial charge in [0.15, 0.2) is 0 Å². The number of hydrogen-bond acceptors (Lipinski definition) is 3. The van der Waals surface area contributed by atoms with Gasteiger partial charge in [0.05, 0.1) is 6.04 Å². The summed E-state index contributed by atoms with van der Waals surface area (Å²) in [6.07, 6.45) is 0. The molecule has 0 saturated carbocycles. The van der Waals surface area contributed by atoms with Gasteiger partial charge in [0.1, 0.15) is 5.75 Å². The fourth-order valence-corrected chi connectivity index (χ4v) is 2.58. The zero-order chi connectivity index (χ0) is 15.4. The molecule has 0 bridgehead atoms. The van der Waals surface area contributed by atoms with Crippen molar-refractivity contribution in [3.8, 4) is 5.75 Å². The smallest absolute Gasteiger partial charge is 0.288 e. The topological polar surface area (TPSA) is 32.3 Å². The van der Waals surface area contributed by atoms with Gasteiger partial charge < -0.3 is 10.4 Å². The second kappa shape index (κ2) is 6.80. The summed E-state index contributed by atoms with van der Waals surface area (Å²) < 4.78 is 24.5. The zero-order valence-corrected chi connectivity index (χ0v) is 12.6. The second-order valence-corrected chi connectivity index (χ2v) is 5.89. The fraction of sp³-hybridized carbons (Fsp3) is 0.250. The molecule has 1 atom stereocenters. The minimum absolute atomic E-state index is 0.0847. The molecule has 0 saturated heterocycles. The monoisotopic (exact) mass is 309 g/mol. The minimum Gasteiger partial charge on any atom is -0.508 e. The van der Waals surface area contributed by atoms with Crippen LogP contribution in [0.2, 0.25) is 0 Å². The van der Waals surface area contributed by atoms with Gasteiger partial charge in [0, 0.05) is 16.1 Å². The molecule has 0 aliphatic rings. The Kier molecular flexibility index (Phi) is 5.07. The molecule has 0 aliphatic heterocycles. The van der Waals surface area contributed by atoms with Crippen LogP contribution in [0, 0.1) is 6.92 Å². The van der Waals surface area contributed by atoms with Crippen LogP contribution in [-0.4, -0.2) is 10.9 Å². The number of alkyl halides is 2. The highest BCUT2D eigenvalue weighted by atomic mass is 32.2. The molecule has 112 valence electrons. The summed E-state index contributed by atoms with van der Waals surface area (Å²) in [6, 6.07) is 12.2. The Bertz CT molecular complexity index is 602. The maximum atomic E-state index is 12.3. The van der Waals surface area contributed by atoms with Crippen molar-refractivity contribution in [2.24, 2.45) is 0 Å². The van der Waals surface area contributed by atoms with Crippen molar-refractivity contribution in [1.29, 1.82) is 0 Å². The third-order valence-electron chi connectivity index (χ3n) is 3.11. The average molecular weight is 309 g/mol. The molecule has 2 nitrogen and oxygen atoms in total. The van der Waals surface area contributed by atoms with Crippen LogP contribution in [0.1, 0.15) is 24.1 Å². The van der Waals surface area contributed by atoms with E-state index >= 15 is 0 Å². The van der Waals surface area contributed by atoms with E-state index in [1.807, 2.05) is 26.0 Å². The Balaban J connectivity index is 2.08. The Morgan fingerprint density at radius 2 is 1.76 bits per heavy atom. The summed E-state index contributed by atoms with van der Waals surface area (Å²) >= 11 is 0.526. The first-order valence-electron chi connectivity index (χ1n) is 6.56. The highest BCUT2D eigenvalue weighted by molar-refractivity contribution is 7.99. The molecule has 5 heteroatoms. The Morgan fingerprint density at radius 1 is 1.10 bits per heavy atom. The summed E-state index contributed by atoms with van der Waals surface area (Å²) in [6.45, 7) is 3.91. The standard InChI is InChI=1S/C16H17F2NOS/c1-10-3-8-15(20)14(9-10)11(2)19-12-4-6-13(7-5-12)21-16(17)18/h3-9,11,16,19-20H,1-2H3. The molecule has 0 heterocycles. The van der Waals surface area contributed by atoms with E-state index in [0.717, 1.165) is 16.8 Å². The molecular weight excluding hydrogens is 292 g/mol. The molecule has 0 aliphatic carbocycles. The van der Waals surface area contributed by atoms with E-state index in [2.05, 4.69) is 5.32 Å². The molecule has 21 heavy (non-hydrogen) atoms. The molecule has 2 N–H and O–H groups in total. The van der Waals surface area contributed by atoms with Crippen molar-refractivity contribution in [2.75, 3.05) is 5.32 Å². The van der Waals surface area contributed by atoms with E-state index < -0.39 is 5.76 Å². The number of aromatic hydroxyl groups is 1. The van der Waals surface area contributed by atoms with Gasteiger partial charge in [0.2, 0.25) is 0 Å². The number of thioether (sulfide) groups is 1. The van der Waals surface area contributed by atoms with Gasteiger partial charge in [-0.3, -0.25) is 0 Å². The van der Waals surface area contributed by atoms with E-state index in [1.165, 1.54) is 0 Å². The van der Waals surface area contributed by atoms with Crippen molar-refractivity contribution >= 4 is 17.4 Å². The first-order valence-corrected chi connectivity index (χ1v) is 7.44. The van der Waals surface area contributed by atoms with Gasteiger partial charge in [-0.05, 0) is 44.2 Å². The number of halogens is 2. The first-order chi connectivity index (χ1) is 9.95. The van der Waals surface area contributed by atoms with E-state index in [0.29, 0.717) is 16.7 Å². The summed E-state index contributed by atoms with van der Waals surface area (Å²) in [5, 5.41) is 13.1. The second-order valence-electron chi connectivity index (χ2n) is 4.83. The van der Waals surface area contributed by atoms with Crippen LogP contribution in [0.4, 0.5) is 14.5 Å². The third-order valence-corrected chi connectivity index (χ3v) is 3.83. The molecular formula is C16H17F2NOS. The van der Waals surface area contributed by atoms with Crippen LogP contribution in [0.3, 0.4) is 0 Å². The SMILES string of the molecule is Cc1ccc(O)c(C(C)Nc2ccc(SC(F)F)cc2)c1. The molecule has 2 aromatic rings. The van der Waals surface area contributed by atoms with Crippen molar-refractivity contribution in [1.82, 2.24) is 0 Å². The van der Waals surface area contributed by atoms with Crippen LogP contribution in [-0.2, 0) is 0 Å². The molecule has 2 rings (SSSR count). The van der Waals surface area contributed by atoms with E-state index in [1.54, 1.807) is 30.3 Å². The van der Waals surface area contributed by atoms with Gasteiger partial charge in [0.25, 0.3) is 5.76 Å². The van der Waals surface area contributed by atoms with Crippen LogP contribution in [0.15, 0.2) is 47.4 Å². The van der Waals surface area contributed by atoms with Crippen molar-refractivity contribution in [2.45, 2.75) is 30.5 Å².